The molecule has 0 fully saturated rings. The largest absolute Gasteiger partial charge is 0.472 e. The van der Waals surface area contributed by atoms with Crippen LogP contribution in [0.2, 0.25) is 0 Å². The van der Waals surface area contributed by atoms with Gasteiger partial charge in [0.2, 0.25) is 5.91 Å². The molecule has 0 aromatic carbocycles. The molecule has 3 atom stereocenters. The third-order valence-electron chi connectivity index (χ3n) is 12.6. The Labute approximate surface area is 467 Å². The normalized spacial score (nSPS) is 14.6. The van der Waals surface area contributed by atoms with Crippen molar-refractivity contribution >= 4 is 19.7 Å². The van der Waals surface area contributed by atoms with Crippen LogP contribution < -0.4 is 5.32 Å². The zero-order valence-electron chi connectivity index (χ0n) is 49.4. The number of quaternary nitrogens is 1. The number of nitrogens with one attached hydrogen (secondary N) is 1. The first kappa shape index (κ1) is 72.4. The maximum absolute atomic E-state index is 13.5. The summed E-state index contributed by atoms with van der Waals surface area (Å²) in [4.78, 5) is 37.7. The molecule has 0 spiro atoms. The number of amides is 1. The van der Waals surface area contributed by atoms with Gasteiger partial charge in [0.05, 0.1) is 33.8 Å². The van der Waals surface area contributed by atoms with Gasteiger partial charge >= 0.3 is 13.8 Å². The standard InChI is InChI=1S/C66H113N2O7P/c1-7-10-13-16-19-22-25-28-30-32-33-34-35-37-38-40-43-46-49-52-55-58-65(69)67-63(62-74-76(71,72)73-61-60-68(4,5)6)64(57-54-51-48-45-42-27-24-21-18-15-12-9-3)75-66(70)59-56-53-50-47-44-41-39-36-31-29-26-23-20-17-14-11-8-2/h10,13,19-20,22-23,28-31,33-34,37-39,41,43,46,54,57,63-64H,7-9,11-12,14-18,21,24-27,32,35-36,40,42,44-45,47-53,55-56,58-62H2,1-6H3,(H-,67,69,71,72)/p+1/b13-10-,22-19-,23-20-,30-28-,31-29-,34-33-,38-37-,41-39-,46-43-,57-54-. The number of phosphoric ester groups is 1. The molecule has 10 heteroatoms. The summed E-state index contributed by atoms with van der Waals surface area (Å²) in [6, 6.07) is -0.889. The number of nitrogens with zero attached hydrogens (tertiary/aromatic N) is 1. The number of hydrogen-bond donors (Lipinski definition) is 2. The van der Waals surface area contributed by atoms with E-state index in [1.165, 1.54) is 77.0 Å². The SMILES string of the molecule is CC/C=C\C/C=C\C/C=C\C/C=C\C/C=C\C/C=C\CCCCC(=O)NC(COP(=O)(O)OCC[N+](C)(C)C)C(/C=C\CCCCCCCCCCCC)OC(=O)CCCCCC/C=C\C/C=C\C/C=C\CCCCC. The lowest BCUT2D eigenvalue weighted by molar-refractivity contribution is -0.870. The zero-order chi connectivity index (χ0) is 55.7. The number of esters is 1. The van der Waals surface area contributed by atoms with E-state index in [0.717, 1.165) is 109 Å². The minimum Gasteiger partial charge on any atom is -0.456 e. The fourth-order valence-electron chi connectivity index (χ4n) is 7.95. The van der Waals surface area contributed by atoms with Crippen LogP contribution >= 0.6 is 7.82 Å². The topological polar surface area (TPSA) is 111 Å². The minimum atomic E-state index is -4.47. The van der Waals surface area contributed by atoms with Gasteiger partial charge in [-0.05, 0) is 122 Å². The molecular formula is C66H114N2O7P+. The summed E-state index contributed by atoms with van der Waals surface area (Å²) in [5.74, 6) is -0.590. The van der Waals surface area contributed by atoms with Crippen molar-refractivity contribution < 1.29 is 37.3 Å². The number of hydrogen-bond acceptors (Lipinski definition) is 6. The van der Waals surface area contributed by atoms with Gasteiger partial charge in [-0.3, -0.25) is 18.6 Å². The van der Waals surface area contributed by atoms with Crippen molar-refractivity contribution in [2.45, 2.75) is 245 Å². The maximum Gasteiger partial charge on any atom is 0.472 e. The molecule has 0 aliphatic heterocycles. The van der Waals surface area contributed by atoms with E-state index in [2.05, 4.69) is 135 Å². The second-order valence-electron chi connectivity index (χ2n) is 21.1. The van der Waals surface area contributed by atoms with Gasteiger partial charge in [-0.1, -0.05) is 220 Å². The second-order valence-corrected chi connectivity index (χ2v) is 22.6. The molecule has 0 radical (unpaired) electrons. The summed E-state index contributed by atoms with van der Waals surface area (Å²) in [5.41, 5.74) is 0. The van der Waals surface area contributed by atoms with Crippen molar-refractivity contribution in [2.24, 2.45) is 0 Å². The van der Waals surface area contributed by atoms with E-state index in [0.29, 0.717) is 23.9 Å². The number of likely N-dealkylation sites (N-methyl/N-ethyl adjacent to an activating group) is 1. The third-order valence-corrected chi connectivity index (χ3v) is 13.6. The number of carbonyl (C=O) groups is 2. The number of ether oxygens (including phenoxy) is 1. The van der Waals surface area contributed by atoms with Crippen LogP contribution in [0.25, 0.3) is 0 Å². The molecule has 76 heavy (non-hydrogen) atoms. The number of carbonyl (C=O) groups excluding carboxylic acids is 2. The number of rotatable bonds is 53. The zero-order valence-corrected chi connectivity index (χ0v) is 50.3. The lowest BCUT2D eigenvalue weighted by atomic mass is 10.1. The lowest BCUT2D eigenvalue weighted by Gasteiger charge is -2.27. The van der Waals surface area contributed by atoms with E-state index >= 15 is 0 Å². The second kappa shape index (κ2) is 54.8. The molecule has 0 aliphatic rings. The Balaban J connectivity index is 5.42. The average Bonchev–Trinajstić information content (AvgIpc) is 3.38. The summed E-state index contributed by atoms with van der Waals surface area (Å²) >= 11 is 0. The molecule has 0 aromatic rings. The van der Waals surface area contributed by atoms with Crippen LogP contribution in [0.4, 0.5) is 0 Å². The van der Waals surface area contributed by atoms with Gasteiger partial charge in [0.25, 0.3) is 0 Å². The number of unbranched alkanes of at least 4 members (excludes halogenated alkanes) is 19. The Bertz CT molecular complexity index is 1720. The monoisotopic (exact) mass is 1080 g/mol. The van der Waals surface area contributed by atoms with E-state index in [-0.39, 0.29) is 37.9 Å². The van der Waals surface area contributed by atoms with E-state index in [1.54, 1.807) is 0 Å². The third kappa shape index (κ3) is 55.2. The van der Waals surface area contributed by atoms with E-state index < -0.39 is 20.0 Å². The quantitative estimate of drug-likeness (QED) is 0.0205. The Kier molecular flexibility index (Phi) is 52.2. The summed E-state index contributed by atoms with van der Waals surface area (Å²) < 4.78 is 30.6. The van der Waals surface area contributed by atoms with Crippen LogP contribution in [0.5, 0.6) is 0 Å². The number of allylic oxidation sites excluding steroid dienone is 19. The van der Waals surface area contributed by atoms with Crippen LogP contribution in [0.15, 0.2) is 122 Å². The highest BCUT2D eigenvalue weighted by atomic mass is 31.2. The van der Waals surface area contributed by atoms with Gasteiger partial charge in [0, 0.05) is 12.8 Å². The Morgan fingerprint density at radius 1 is 0.474 bits per heavy atom. The van der Waals surface area contributed by atoms with Crippen LogP contribution in [0.3, 0.4) is 0 Å². The molecule has 0 saturated heterocycles. The van der Waals surface area contributed by atoms with Crippen molar-refractivity contribution in [3.8, 4) is 0 Å². The maximum atomic E-state index is 13.5. The van der Waals surface area contributed by atoms with Gasteiger partial charge in [-0.15, -0.1) is 0 Å². The first-order valence-electron chi connectivity index (χ1n) is 30.4. The van der Waals surface area contributed by atoms with Crippen molar-refractivity contribution in [3.63, 3.8) is 0 Å². The molecule has 0 heterocycles. The van der Waals surface area contributed by atoms with E-state index in [9.17, 15) is 19.0 Å². The van der Waals surface area contributed by atoms with E-state index in [1.807, 2.05) is 33.3 Å². The van der Waals surface area contributed by atoms with Gasteiger partial charge in [0.1, 0.15) is 19.3 Å². The summed E-state index contributed by atoms with van der Waals surface area (Å²) in [6.45, 7) is 6.80. The van der Waals surface area contributed by atoms with Crippen molar-refractivity contribution in [2.75, 3.05) is 40.9 Å². The lowest BCUT2D eigenvalue weighted by Crippen LogP contribution is -2.47. The molecule has 0 aliphatic carbocycles. The smallest absolute Gasteiger partial charge is 0.456 e. The highest BCUT2D eigenvalue weighted by molar-refractivity contribution is 7.47. The van der Waals surface area contributed by atoms with Gasteiger partial charge in [-0.2, -0.15) is 0 Å². The molecule has 0 aromatic heterocycles. The van der Waals surface area contributed by atoms with Crippen LogP contribution in [-0.4, -0.2) is 74.3 Å². The molecule has 9 nitrogen and oxygen atoms in total. The van der Waals surface area contributed by atoms with Crippen molar-refractivity contribution in [3.05, 3.63) is 122 Å². The Hall–Kier alpha value is -3.59. The molecule has 0 bridgehead atoms. The highest BCUT2D eigenvalue weighted by Gasteiger charge is 2.30. The first-order chi connectivity index (χ1) is 36.9. The Morgan fingerprint density at radius 3 is 1.30 bits per heavy atom. The van der Waals surface area contributed by atoms with Gasteiger partial charge in [0.15, 0.2) is 0 Å². The minimum absolute atomic E-state index is 0.0211. The van der Waals surface area contributed by atoms with Gasteiger partial charge < -0.3 is 19.4 Å². The van der Waals surface area contributed by atoms with E-state index in [4.69, 9.17) is 13.8 Å². The summed E-state index contributed by atoms with van der Waals surface area (Å²) in [6.07, 6.45) is 76.3. The van der Waals surface area contributed by atoms with Crippen molar-refractivity contribution in [1.82, 2.24) is 5.32 Å². The predicted molar refractivity (Wildman–Crippen MR) is 327 cm³/mol. The highest BCUT2D eigenvalue weighted by Crippen LogP contribution is 2.43. The molecule has 0 saturated carbocycles. The molecule has 3 unspecified atom stereocenters. The van der Waals surface area contributed by atoms with Crippen molar-refractivity contribution in [1.29, 1.82) is 0 Å². The van der Waals surface area contributed by atoms with Crippen LogP contribution in [-0.2, 0) is 27.9 Å². The molecule has 1 amide bonds. The molecule has 2 N–H and O–H groups in total. The van der Waals surface area contributed by atoms with Crippen LogP contribution in [0, 0.1) is 0 Å². The molecular weight excluding hydrogens is 964 g/mol. The van der Waals surface area contributed by atoms with Gasteiger partial charge in [-0.25, -0.2) is 4.57 Å². The average molecular weight is 1080 g/mol. The Morgan fingerprint density at radius 2 is 0.842 bits per heavy atom. The first-order valence-corrected chi connectivity index (χ1v) is 31.9. The van der Waals surface area contributed by atoms with Crippen LogP contribution in [0.1, 0.15) is 233 Å². The fraction of sp³-hybridized carbons (Fsp3) is 0.667. The molecule has 434 valence electrons. The predicted octanol–water partition coefficient (Wildman–Crippen LogP) is 18.7. The summed E-state index contributed by atoms with van der Waals surface area (Å²) in [7, 11) is 1.43. The number of phosphoric acid groups is 1. The molecule has 0 rings (SSSR count). The fourth-order valence-corrected chi connectivity index (χ4v) is 8.68. The summed E-state index contributed by atoms with van der Waals surface area (Å²) in [5, 5.41) is 3.02.